The fourth-order valence-corrected chi connectivity index (χ4v) is 1.23. The van der Waals surface area contributed by atoms with Crippen LogP contribution in [0.5, 0.6) is 5.88 Å². The molecule has 19 heavy (non-hydrogen) atoms. The zero-order valence-electron chi connectivity index (χ0n) is 10.8. The number of rotatable bonds is 7. The maximum Gasteiger partial charge on any atom is 0.422 e. The van der Waals surface area contributed by atoms with E-state index in [-0.39, 0.29) is 18.3 Å². The Morgan fingerprint density at radius 3 is 2.58 bits per heavy atom. The fourth-order valence-electron chi connectivity index (χ4n) is 1.23. The van der Waals surface area contributed by atoms with Gasteiger partial charge in [-0.2, -0.15) is 18.2 Å². The quantitative estimate of drug-likeness (QED) is 0.830. The second-order valence-electron chi connectivity index (χ2n) is 3.58. The number of nitrogens with zero attached hydrogens (tertiary/aromatic N) is 2. The van der Waals surface area contributed by atoms with Gasteiger partial charge < -0.3 is 14.8 Å². The maximum atomic E-state index is 12.1. The van der Waals surface area contributed by atoms with Crippen molar-refractivity contribution in [1.29, 1.82) is 0 Å². The van der Waals surface area contributed by atoms with Gasteiger partial charge in [-0.15, -0.1) is 0 Å². The Hall–Kier alpha value is -1.57. The lowest BCUT2D eigenvalue weighted by Gasteiger charge is -2.11. The molecule has 1 aromatic heterocycles. The molecule has 0 aliphatic heterocycles. The molecule has 1 heterocycles. The van der Waals surface area contributed by atoms with Gasteiger partial charge in [0.05, 0.1) is 0 Å². The van der Waals surface area contributed by atoms with Crippen LogP contribution in [0.2, 0.25) is 0 Å². The molecule has 1 aromatic rings. The zero-order valence-corrected chi connectivity index (χ0v) is 10.8. The molecule has 0 atom stereocenters. The third kappa shape index (κ3) is 6.23. The molecule has 0 radical (unpaired) electrons. The van der Waals surface area contributed by atoms with Crippen LogP contribution in [0.25, 0.3) is 0 Å². The smallest absolute Gasteiger partial charge is 0.422 e. The molecule has 0 amide bonds. The topological polar surface area (TPSA) is 56.3 Å². The van der Waals surface area contributed by atoms with Gasteiger partial charge in [0.25, 0.3) is 0 Å². The van der Waals surface area contributed by atoms with Crippen molar-refractivity contribution >= 4 is 5.82 Å². The van der Waals surface area contributed by atoms with E-state index in [9.17, 15) is 13.2 Å². The third-order valence-corrected chi connectivity index (χ3v) is 1.93. The molecule has 1 N–H and O–H groups in total. The van der Waals surface area contributed by atoms with Gasteiger partial charge in [-0.3, -0.25) is 0 Å². The summed E-state index contributed by atoms with van der Waals surface area (Å²) in [6, 6.07) is 1.32. The Kier molecular flexibility index (Phi) is 5.81. The van der Waals surface area contributed by atoms with Crippen LogP contribution >= 0.6 is 0 Å². The van der Waals surface area contributed by atoms with Crippen LogP contribution in [0.15, 0.2) is 6.07 Å². The van der Waals surface area contributed by atoms with Gasteiger partial charge in [0.2, 0.25) is 5.88 Å². The minimum atomic E-state index is -4.40. The summed E-state index contributed by atoms with van der Waals surface area (Å²) in [4.78, 5) is 7.95. The molecule has 5 nitrogen and oxygen atoms in total. The van der Waals surface area contributed by atoms with E-state index < -0.39 is 12.8 Å². The Morgan fingerprint density at radius 1 is 1.26 bits per heavy atom. The molecule has 0 saturated carbocycles. The van der Waals surface area contributed by atoms with Crippen LogP contribution in [0, 0.1) is 0 Å². The molecule has 0 spiro atoms. The van der Waals surface area contributed by atoms with Crippen molar-refractivity contribution in [2.45, 2.75) is 26.6 Å². The third-order valence-electron chi connectivity index (χ3n) is 1.93. The number of hydrogen-bond donors (Lipinski definition) is 1. The summed E-state index contributed by atoms with van der Waals surface area (Å²) >= 11 is 0. The van der Waals surface area contributed by atoms with Crippen LogP contribution in [0.4, 0.5) is 19.0 Å². The standard InChI is InChI=1S/C11H16F3N3O2/c1-3-15-8-5-10(19-7-11(12,13)14)17-9(16-8)6-18-4-2/h5H,3-4,6-7H2,1-2H3,(H,15,16,17). The summed E-state index contributed by atoms with van der Waals surface area (Å²) in [6.45, 7) is 3.44. The van der Waals surface area contributed by atoms with Crippen molar-refractivity contribution < 1.29 is 22.6 Å². The minimum Gasteiger partial charge on any atom is -0.468 e. The molecule has 0 aliphatic carbocycles. The number of alkyl halides is 3. The van der Waals surface area contributed by atoms with Crippen molar-refractivity contribution in [1.82, 2.24) is 9.97 Å². The van der Waals surface area contributed by atoms with E-state index >= 15 is 0 Å². The van der Waals surface area contributed by atoms with Crippen LogP contribution in [0.1, 0.15) is 19.7 Å². The average Bonchev–Trinajstić information content (AvgIpc) is 2.33. The summed E-state index contributed by atoms with van der Waals surface area (Å²) in [5.41, 5.74) is 0. The number of hydrogen-bond acceptors (Lipinski definition) is 5. The monoisotopic (exact) mass is 279 g/mol. The molecule has 0 bridgehead atoms. The first-order valence-corrected chi connectivity index (χ1v) is 5.83. The van der Waals surface area contributed by atoms with Gasteiger partial charge in [0.15, 0.2) is 12.4 Å². The normalized spacial score (nSPS) is 11.4. The first kappa shape index (κ1) is 15.5. The second kappa shape index (κ2) is 7.13. The van der Waals surface area contributed by atoms with E-state index in [0.717, 1.165) is 0 Å². The highest BCUT2D eigenvalue weighted by atomic mass is 19.4. The number of aromatic nitrogens is 2. The van der Waals surface area contributed by atoms with E-state index in [4.69, 9.17) is 4.74 Å². The summed E-state index contributed by atoms with van der Waals surface area (Å²) in [5.74, 6) is 0.555. The number of anilines is 1. The highest BCUT2D eigenvalue weighted by Crippen LogP contribution is 2.19. The molecular weight excluding hydrogens is 263 g/mol. The first-order valence-electron chi connectivity index (χ1n) is 5.83. The van der Waals surface area contributed by atoms with E-state index in [1.807, 2.05) is 6.92 Å². The van der Waals surface area contributed by atoms with E-state index in [0.29, 0.717) is 19.0 Å². The SMILES string of the molecule is CCNc1cc(OCC(F)(F)F)nc(COCC)n1. The zero-order chi connectivity index (χ0) is 14.3. The second-order valence-corrected chi connectivity index (χ2v) is 3.58. The van der Waals surface area contributed by atoms with Gasteiger partial charge in [-0.05, 0) is 13.8 Å². The number of nitrogens with one attached hydrogen (secondary N) is 1. The molecular formula is C11H16F3N3O2. The lowest BCUT2D eigenvalue weighted by molar-refractivity contribution is -0.154. The lowest BCUT2D eigenvalue weighted by Crippen LogP contribution is -2.20. The van der Waals surface area contributed by atoms with E-state index in [2.05, 4.69) is 20.0 Å². The Bertz CT molecular complexity index is 399. The van der Waals surface area contributed by atoms with E-state index in [1.54, 1.807) is 6.92 Å². The Morgan fingerprint density at radius 2 is 2.00 bits per heavy atom. The summed E-state index contributed by atoms with van der Waals surface area (Å²) in [5, 5.41) is 2.89. The molecule has 0 unspecified atom stereocenters. The predicted molar refractivity (Wildman–Crippen MR) is 63.1 cm³/mol. The minimum absolute atomic E-state index is 0.123. The Balaban J connectivity index is 2.79. The largest absolute Gasteiger partial charge is 0.468 e. The van der Waals surface area contributed by atoms with Crippen molar-refractivity contribution in [2.75, 3.05) is 25.1 Å². The van der Waals surface area contributed by atoms with E-state index in [1.165, 1.54) is 6.07 Å². The molecule has 0 aromatic carbocycles. The highest BCUT2D eigenvalue weighted by Gasteiger charge is 2.28. The highest BCUT2D eigenvalue weighted by molar-refractivity contribution is 5.38. The fraction of sp³-hybridized carbons (Fsp3) is 0.636. The van der Waals surface area contributed by atoms with Crippen LogP contribution in [-0.2, 0) is 11.3 Å². The summed E-state index contributed by atoms with van der Waals surface area (Å²) in [7, 11) is 0. The van der Waals surface area contributed by atoms with Gasteiger partial charge in [0.1, 0.15) is 12.4 Å². The van der Waals surface area contributed by atoms with Gasteiger partial charge in [-0.1, -0.05) is 0 Å². The molecule has 8 heteroatoms. The lowest BCUT2D eigenvalue weighted by atomic mass is 10.5. The maximum absolute atomic E-state index is 12.1. The summed E-state index contributed by atoms with van der Waals surface area (Å²) in [6.07, 6.45) is -4.40. The molecule has 108 valence electrons. The molecule has 0 fully saturated rings. The van der Waals surface area contributed by atoms with Crippen molar-refractivity contribution in [3.8, 4) is 5.88 Å². The number of ether oxygens (including phenoxy) is 2. The summed E-state index contributed by atoms with van der Waals surface area (Å²) < 4.78 is 46.0. The average molecular weight is 279 g/mol. The van der Waals surface area contributed by atoms with Gasteiger partial charge >= 0.3 is 6.18 Å². The van der Waals surface area contributed by atoms with Gasteiger partial charge in [-0.25, -0.2) is 4.98 Å². The molecule has 1 rings (SSSR count). The first-order chi connectivity index (χ1) is 8.94. The van der Waals surface area contributed by atoms with Crippen LogP contribution in [0.3, 0.4) is 0 Å². The molecule has 0 aliphatic rings. The predicted octanol–water partition coefficient (Wildman–Crippen LogP) is 2.39. The number of halogens is 3. The van der Waals surface area contributed by atoms with Crippen molar-refractivity contribution in [3.63, 3.8) is 0 Å². The van der Waals surface area contributed by atoms with Crippen LogP contribution < -0.4 is 10.1 Å². The van der Waals surface area contributed by atoms with Crippen molar-refractivity contribution in [2.24, 2.45) is 0 Å². The van der Waals surface area contributed by atoms with Crippen LogP contribution in [-0.4, -0.2) is 35.9 Å². The van der Waals surface area contributed by atoms with Gasteiger partial charge in [0, 0.05) is 19.2 Å². The van der Waals surface area contributed by atoms with Crippen molar-refractivity contribution in [3.05, 3.63) is 11.9 Å². The Labute approximate surface area is 109 Å². The molecule has 0 saturated heterocycles.